The minimum absolute atomic E-state index is 0.346. The van der Waals surface area contributed by atoms with Gasteiger partial charge in [0.05, 0.1) is 0 Å². The average Bonchev–Trinajstić information content (AvgIpc) is 2.77. The lowest BCUT2D eigenvalue weighted by Gasteiger charge is -2.27. The van der Waals surface area contributed by atoms with Crippen LogP contribution < -0.4 is 5.32 Å². The number of rotatable bonds is 5. The molecule has 0 atom stereocenters. The number of nitrogens with one attached hydrogen (secondary N) is 1. The Hall–Kier alpha value is -1.30. The molecule has 1 aliphatic rings. The molecule has 0 aromatic rings. The van der Waals surface area contributed by atoms with Crippen molar-refractivity contribution in [1.82, 2.24) is 15.1 Å². The quantitative estimate of drug-likeness (QED) is 0.756. The highest BCUT2D eigenvalue weighted by Crippen LogP contribution is 2.07. The van der Waals surface area contributed by atoms with Crippen LogP contribution in [0.15, 0.2) is 0 Å². The molecule has 1 heterocycles. The summed E-state index contributed by atoms with van der Waals surface area (Å²) in [5.74, 6) is -1.04. The van der Waals surface area contributed by atoms with Crippen LogP contribution in [-0.4, -0.2) is 65.7 Å². The van der Waals surface area contributed by atoms with E-state index >= 15 is 0 Å². The maximum Gasteiger partial charge on any atom is 0.328 e. The second-order valence-corrected chi connectivity index (χ2v) is 5.33. The molecule has 1 saturated heterocycles. The number of likely N-dealkylation sites (tertiary alicyclic amines) is 1. The number of amides is 2. The van der Waals surface area contributed by atoms with Gasteiger partial charge in [0, 0.05) is 20.1 Å². The van der Waals surface area contributed by atoms with Gasteiger partial charge in [0.25, 0.3) is 0 Å². The molecule has 0 aromatic heterocycles. The number of likely N-dealkylation sites (N-methyl/N-ethyl adjacent to an activating group) is 1. The van der Waals surface area contributed by atoms with E-state index < -0.39 is 11.5 Å². The smallest absolute Gasteiger partial charge is 0.328 e. The number of urea groups is 1. The molecule has 0 radical (unpaired) electrons. The normalized spacial score (nSPS) is 16.6. The summed E-state index contributed by atoms with van der Waals surface area (Å²) in [5, 5.41) is 11.4. The zero-order chi connectivity index (χ0) is 13.8. The molecule has 6 nitrogen and oxygen atoms in total. The number of carbonyl (C=O) groups is 2. The van der Waals surface area contributed by atoms with Gasteiger partial charge in [-0.3, -0.25) is 0 Å². The molecule has 0 spiro atoms. The molecule has 0 unspecified atom stereocenters. The van der Waals surface area contributed by atoms with Gasteiger partial charge in [-0.05, 0) is 39.8 Å². The van der Waals surface area contributed by atoms with Gasteiger partial charge in [-0.2, -0.15) is 0 Å². The third-order valence-electron chi connectivity index (χ3n) is 3.25. The highest BCUT2D eigenvalue weighted by Gasteiger charge is 2.30. The van der Waals surface area contributed by atoms with Crippen molar-refractivity contribution in [2.75, 3.05) is 33.2 Å². The molecule has 1 aliphatic heterocycles. The molecule has 1 fully saturated rings. The van der Waals surface area contributed by atoms with Gasteiger partial charge < -0.3 is 20.2 Å². The van der Waals surface area contributed by atoms with E-state index in [-0.39, 0.29) is 6.03 Å². The number of aliphatic carboxylic acids is 1. The Morgan fingerprint density at radius 2 is 1.89 bits per heavy atom. The van der Waals surface area contributed by atoms with Crippen LogP contribution in [0, 0.1) is 0 Å². The van der Waals surface area contributed by atoms with Crippen molar-refractivity contribution in [2.45, 2.75) is 32.2 Å². The maximum absolute atomic E-state index is 11.8. The second kappa shape index (κ2) is 6.04. The lowest BCUT2D eigenvalue weighted by Crippen LogP contribution is -2.54. The summed E-state index contributed by atoms with van der Waals surface area (Å²) in [7, 11) is 1.68. The van der Waals surface area contributed by atoms with Crippen LogP contribution >= 0.6 is 0 Å². The summed E-state index contributed by atoms with van der Waals surface area (Å²) < 4.78 is 0. The van der Waals surface area contributed by atoms with Crippen molar-refractivity contribution in [2.24, 2.45) is 0 Å². The molecule has 2 N–H and O–H groups in total. The molecule has 18 heavy (non-hydrogen) atoms. The van der Waals surface area contributed by atoms with Crippen molar-refractivity contribution in [3.63, 3.8) is 0 Å². The van der Waals surface area contributed by atoms with Crippen molar-refractivity contribution < 1.29 is 14.7 Å². The molecule has 0 saturated carbocycles. The fourth-order valence-electron chi connectivity index (χ4n) is 1.82. The summed E-state index contributed by atoms with van der Waals surface area (Å²) in [6, 6.07) is -0.346. The summed E-state index contributed by atoms with van der Waals surface area (Å²) >= 11 is 0. The third-order valence-corrected chi connectivity index (χ3v) is 3.25. The fourth-order valence-corrected chi connectivity index (χ4v) is 1.82. The molecule has 1 rings (SSSR count). The van der Waals surface area contributed by atoms with E-state index in [4.69, 9.17) is 5.11 Å². The minimum Gasteiger partial charge on any atom is -0.480 e. The summed E-state index contributed by atoms with van der Waals surface area (Å²) in [6.45, 7) is 6.59. The van der Waals surface area contributed by atoms with Crippen LogP contribution in [0.25, 0.3) is 0 Å². The zero-order valence-electron chi connectivity index (χ0n) is 11.4. The Morgan fingerprint density at radius 1 is 1.33 bits per heavy atom. The van der Waals surface area contributed by atoms with Crippen molar-refractivity contribution in [3.8, 4) is 0 Å². The highest BCUT2D eigenvalue weighted by atomic mass is 16.4. The molecule has 0 aromatic carbocycles. The Morgan fingerprint density at radius 3 is 2.39 bits per heavy atom. The van der Waals surface area contributed by atoms with E-state index in [1.165, 1.54) is 31.6 Å². The molecular weight excluding hydrogens is 234 g/mol. The van der Waals surface area contributed by atoms with Gasteiger partial charge >= 0.3 is 12.0 Å². The van der Waals surface area contributed by atoms with Crippen LogP contribution in [0.4, 0.5) is 4.79 Å². The third kappa shape index (κ3) is 4.18. The van der Waals surface area contributed by atoms with E-state index in [0.717, 1.165) is 19.6 Å². The highest BCUT2D eigenvalue weighted by molar-refractivity contribution is 5.85. The van der Waals surface area contributed by atoms with Gasteiger partial charge in [-0.15, -0.1) is 0 Å². The van der Waals surface area contributed by atoms with Crippen LogP contribution in [0.2, 0.25) is 0 Å². The van der Waals surface area contributed by atoms with Gasteiger partial charge in [0.2, 0.25) is 0 Å². The van der Waals surface area contributed by atoms with Crippen LogP contribution in [-0.2, 0) is 4.79 Å². The second-order valence-electron chi connectivity index (χ2n) is 5.33. The van der Waals surface area contributed by atoms with Crippen LogP contribution in [0.5, 0.6) is 0 Å². The predicted octanol–water partition coefficient (Wildman–Crippen LogP) is 0.587. The van der Waals surface area contributed by atoms with Crippen LogP contribution in [0.1, 0.15) is 26.7 Å². The monoisotopic (exact) mass is 257 g/mol. The first kappa shape index (κ1) is 14.8. The lowest BCUT2D eigenvalue weighted by atomic mass is 10.1. The number of carbonyl (C=O) groups excluding carboxylic acids is 1. The molecular formula is C12H23N3O3. The fraction of sp³-hybridized carbons (Fsp3) is 0.833. The topological polar surface area (TPSA) is 72.9 Å². The number of nitrogens with zero attached hydrogens (tertiary/aromatic N) is 2. The minimum atomic E-state index is -1.24. The summed E-state index contributed by atoms with van der Waals surface area (Å²) in [4.78, 5) is 26.5. The number of carboxylic acid groups (broad SMARTS) is 1. The Balaban J connectivity index is 2.34. The van der Waals surface area contributed by atoms with Crippen molar-refractivity contribution in [3.05, 3.63) is 0 Å². The largest absolute Gasteiger partial charge is 0.480 e. The molecule has 0 bridgehead atoms. The standard InChI is InChI=1S/C12H23N3O3/c1-12(2,10(16)17)13-11(18)14(3)8-9-15-6-4-5-7-15/h4-9H2,1-3H3,(H,13,18)(H,16,17). The summed E-state index contributed by atoms with van der Waals surface area (Å²) in [5.41, 5.74) is -1.24. The average molecular weight is 257 g/mol. The van der Waals surface area contributed by atoms with E-state index in [2.05, 4.69) is 10.2 Å². The molecule has 104 valence electrons. The number of hydrogen-bond donors (Lipinski definition) is 2. The number of carboxylic acids is 1. The lowest BCUT2D eigenvalue weighted by molar-refractivity contribution is -0.143. The Bertz CT molecular complexity index is 312. The van der Waals surface area contributed by atoms with Crippen molar-refractivity contribution >= 4 is 12.0 Å². The predicted molar refractivity (Wildman–Crippen MR) is 68.6 cm³/mol. The SMILES string of the molecule is CN(CCN1CCCC1)C(=O)NC(C)(C)C(=O)O. The Labute approximate surface area is 108 Å². The zero-order valence-corrected chi connectivity index (χ0v) is 11.4. The maximum atomic E-state index is 11.8. The first-order valence-corrected chi connectivity index (χ1v) is 6.32. The van der Waals surface area contributed by atoms with E-state index in [0.29, 0.717) is 6.54 Å². The van der Waals surface area contributed by atoms with Gasteiger partial charge in [0.1, 0.15) is 5.54 Å². The van der Waals surface area contributed by atoms with E-state index in [9.17, 15) is 9.59 Å². The molecule has 6 heteroatoms. The van der Waals surface area contributed by atoms with Gasteiger partial charge in [-0.25, -0.2) is 9.59 Å². The van der Waals surface area contributed by atoms with Crippen molar-refractivity contribution in [1.29, 1.82) is 0 Å². The van der Waals surface area contributed by atoms with Crippen LogP contribution in [0.3, 0.4) is 0 Å². The van der Waals surface area contributed by atoms with E-state index in [1.54, 1.807) is 7.05 Å². The van der Waals surface area contributed by atoms with E-state index in [1.807, 2.05) is 0 Å². The summed E-state index contributed by atoms with van der Waals surface area (Å²) in [6.07, 6.45) is 2.45. The van der Waals surface area contributed by atoms with Gasteiger partial charge in [0.15, 0.2) is 0 Å². The molecule has 0 aliphatic carbocycles. The first-order chi connectivity index (χ1) is 8.33. The Kier molecular flexibility index (Phi) is 4.95. The molecule has 2 amide bonds. The first-order valence-electron chi connectivity index (χ1n) is 6.32. The van der Waals surface area contributed by atoms with Gasteiger partial charge in [-0.1, -0.05) is 0 Å². The number of hydrogen-bond acceptors (Lipinski definition) is 3.